The number of amides is 1. The van der Waals surface area contributed by atoms with Gasteiger partial charge >= 0.3 is 0 Å². The number of hydrogen-bond acceptors (Lipinski definition) is 5. The van der Waals surface area contributed by atoms with E-state index in [0.29, 0.717) is 22.9 Å². The summed E-state index contributed by atoms with van der Waals surface area (Å²) in [6, 6.07) is 7.98. The van der Waals surface area contributed by atoms with Gasteiger partial charge in [0.2, 0.25) is 5.91 Å². The molecular formula is C18H24N4O2S. The first-order valence-corrected chi connectivity index (χ1v) is 9.63. The van der Waals surface area contributed by atoms with Crippen molar-refractivity contribution in [2.24, 2.45) is 5.92 Å². The van der Waals surface area contributed by atoms with Crippen LogP contribution in [0.5, 0.6) is 5.75 Å². The molecule has 1 aromatic carbocycles. The summed E-state index contributed by atoms with van der Waals surface area (Å²) in [5.74, 6) is 1.68. The number of rotatable bonds is 6. The normalized spacial score (nSPS) is 20.2. The van der Waals surface area contributed by atoms with Gasteiger partial charge in [-0.3, -0.25) is 9.36 Å². The van der Waals surface area contributed by atoms with Gasteiger partial charge in [0, 0.05) is 6.04 Å². The van der Waals surface area contributed by atoms with Crippen LogP contribution in [-0.4, -0.2) is 39.6 Å². The van der Waals surface area contributed by atoms with Crippen molar-refractivity contribution in [3.8, 4) is 11.4 Å². The Morgan fingerprint density at radius 2 is 2.16 bits per heavy atom. The minimum absolute atomic E-state index is 0.0540. The van der Waals surface area contributed by atoms with Crippen LogP contribution in [0.25, 0.3) is 5.69 Å². The fraction of sp³-hybridized carbons (Fsp3) is 0.500. The second kappa shape index (κ2) is 8.38. The lowest BCUT2D eigenvalue weighted by atomic mass is 9.86. The van der Waals surface area contributed by atoms with Gasteiger partial charge < -0.3 is 10.1 Å². The molecule has 1 saturated carbocycles. The van der Waals surface area contributed by atoms with Crippen molar-refractivity contribution in [3.05, 3.63) is 30.6 Å². The first-order chi connectivity index (χ1) is 12.2. The molecule has 0 radical (unpaired) electrons. The van der Waals surface area contributed by atoms with Crippen LogP contribution in [0.2, 0.25) is 0 Å². The molecule has 0 bridgehead atoms. The van der Waals surface area contributed by atoms with Crippen LogP contribution in [-0.2, 0) is 4.79 Å². The van der Waals surface area contributed by atoms with Gasteiger partial charge in [-0.15, -0.1) is 10.2 Å². The highest BCUT2D eigenvalue weighted by molar-refractivity contribution is 7.99. The molecule has 1 aliphatic carbocycles. The van der Waals surface area contributed by atoms with Crippen LogP contribution in [0.3, 0.4) is 0 Å². The van der Waals surface area contributed by atoms with Gasteiger partial charge in [0.1, 0.15) is 12.1 Å². The van der Waals surface area contributed by atoms with E-state index in [9.17, 15) is 4.79 Å². The Morgan fingerprint density at radius 1 is 1.36 bits per heavy atom. The van der Waals surface area contributed by atoms with E-state index < -0.39 is 0 Å². The number of carbonyl (C=O) groups excluding carboxylic acids is 1. The van der Waals surface area contributed by atoms with Crippen molar-refractivity contribution >= 4 is 17.7 Å². The number of methoxy groups -OCH3 is 1. The summed E-state index contributed by atoms with van der Waals surface area (Å²) in [5, 5.41) is 12.0. The van der Waals surface area contributed by atoms with Crippen LogP contribution in [0.1, 0.15) is 32.6 Å². The van der Waals surface area contributed by atoms with Gasteiger partial charge in [0.05, 0.1) is 18.6 Å². The van der Waals surface area contributed by atoms with Crippen molar-refractivity contribution in [2.45, 2.75) is 43.8 Å². The fourth-order valence-corrected chi connectivity index (χ4v) is 3.96. The van der Waals surface area contributed by atoms with E-state index in [0.717, 1.165) is 17.9 Å². The van der Waals surface area contributed by atoms with Crippen LogP contribution in [0.15, 0.2) is 35.7 Å². The Hall–Kier alpha value is -2.02. The van der Waals surface area contributed by atoms with Gasteiger partial charge in [0.15, 0.2) is 5.16 Å². The summed E-state index contributed by atoms with van der Waals surface area (Å²) in [6.07, 6.45) is 6.38. The second-order valence-corrected chi connectivity index (χ2v) is 7.32. The molecule has 0 spiro atoms. The average Bonchev–Trinajstić information content (AvgIpc) is 3.10. The largest absolute Gasteiger partial charge is 0.495 e. The summed E-state index contributed by atoms with van der Waals surface area (Å²) in [6.45, 7) is 2.22. The molecular weight excluding hydrogens is 336 g/mol. The number of hydrogen-bond donors (Lipinski definition) is 1. The molecule has 1 heterocycles. The first-order valence-electron chi connectivity index (χ1n) is 8.64. The van der Waals surface area contributed by atoms with E-state index >= 15 is 0 Å². The maximum absolute atomic E-state index is 12.3. The maximum atomic E-state index is 12.3. The summed E-state index contributed by atoms with van der Waals surface area (Å²) >= 11 is 1.39. The lowest BCUT2D eigenvalue weighted by molar-refractivity contribution is -0.119. The predicted octanol–water partition coefficient (Wildman–Crippen LogP) is 3.06. The molecule has 0 saturated heterocycles. The maximum Gasteiger partial charge on any atom is 0.230 e. The van der Waals surface area contributed by atoms with Gasteiger partial charge in [0.25, 0.3) is 0 Å². The van der Waals surface area contributed by atoms with Crippen LogP contribution < -0.4 is 10.1 Å². The molecule has 0 unspecified atom stereocenters. The molecule has 2 atom stereocenters. The molecule has 25 heavy (non-hydrogen) atoms. The number of nitrogens with one attached hydrogen (secondary N) is 1. The third kappa shape index (κ3) is 4.34. The summed E-state index contributed by atoms with van der Waals surface area (Å²) in [7, 11) is 1.63. The van der Waals surface area contributed by atoms with Crippen LogP contribution in [0, 0.1) is 5.92 Å². The topological polar surface area (TPSA) is 69.0 Å². The van der Waals surface area contributed by atoms with Crippen LogP contribution in [0.4, 0.5) is 0 Å². The lowest BCUT2D eigenvalue weighted by Crippen LogP contribution is -2.41. The van der Waals surface area contributed by atoms with Crippen LogP contribution >= 0.6 is 11.8 Å². The average molecular weight is 360 g/mol. The molecule has 1 fully saturated rings. The van der Waals surface area contributed by atoms with Crippen molar-refractivity contribution in [3.63, 3.8) is 0 Å². The minimum atomic E-state index is 0.0540. The molecule has 1 N–H and O–H groups in total. The second-order valence-electron chi connectivity index (χ2n) is 6.38. The Labute approximate surface area is 152 Å². The fourth-order valence-electron chi connectivity index (χ4n) is 3.23. The number of ether oxygens (including phenoxy) is 1. The highest BCUT2D eigenvalue weighted by Crippen LogP contribution is 2.27. The van der Waals surface area contributed by atoms with Gasteiger partial charge in [-0.25, -0.2) is 0 Å². The number of benzene rings is 1. The van der Waals surface area contributed by atoms with Gasteiger partial charge in [-0.1, -0.05) is 43.7 Å². The van der Waals surface area contributed by atoms with E-state index in [1.54, 1.807) is 13.4 Å². The highest BCUT2D eigenvalue weighted by atomic mass is 32.2. The summed E-state index contributed by atoms with van der Waals surface area (Å²) < 4.78 is 7.24. The molecule has 6 nitrogen and oxygen atoms in total. The van der Waals surface area contributed by atoms with Crippen molar-refractivity contribution < 1.29 is 9.53 Å². The van der Waals surface area contributed by atoms with E-state index in [1.807, 2.05) is 28.8 Å². The molecule has 1 amide bonds. The predicted molar refractivity (Wildman–Crippen MR) is 98.2 cm³/mol. The third-order valence-electron chi connectivity index (χ3n) is 4.65. The quantitative estimate of drug-likeness (QED) is 0.802. The first kappa shape index (κ1) is 17.8. The standard InChI is InChI=1S/C18H24N4O2S/c1-13-7-3-4-8-14(13)20-17(23)11-25-18-21-19-12-22(18)15-9-5-6-10-16(15)24-2/h5-6,9-10,12-14H,3-4,7-8,11H2,1-2H3,(H,20,23)/t13-,14-/m0/s1. The zero-order chi connectivity index (χ0) is 17.6. The Bertz CT molecular complexity index is 719. The molecule has 1 aromatic heterocycles. The van der Waals surface area contributed by atoms with Gasteiger partial charge in [-0.05, 0) is 30.9 Å². The number of thioether (sulfide) groups is 1. The summed E-state index contributed by atoms with van der Waals surface area (Å²) in [4.78, 5) is 12.3. The molecule has 2 aromatic rings. The molecule has 1 aliphatic rings. The number of carbonyl (C=O) groups is 1. The molecule has 7 heteroatoms. The molecule has 3 rings (SSSR count). The monoisotopic (exact) mass is 360 g/mol. The van der Waals surface area contributed by atoms with E-state index in [1.165, 1.54) is 31.0 Å². The number of nitrogens with zero attached hydrogens (tertiary/aromatic N) is 3. The Kier molecular flexibility index (Phi) is 5.96. The Morgan fingerprint density at radius 3 is 2.96 bits per heavy atom. The molecule has 0 aliphatic heterocycles. The number of para-hydroxylation sites is 2. The lowest BCUT2D eigenvalue weighted by Gasteiger charge is -2.29. The molecule has 134 valence electrons. The van der Waals surface area contributed by atoms with E-state index in [4.69, 9.17) is 4.74 Å². The zero-order valence-corrected chi connectivity index (χ0v) is 15.5. The third-order valence-corrected chi connectivity index (χ3v) is 5.59. The Balaban J connectivity index is 1.63. The van der Waals surface area contributed by atoms with E-state index in [-0.39, 0.29) is 5.91 Å². The highest BCUT2D eigenvalue weighted by Gasteiger charge is 2.23. The van der Waals surface area contributed by atoms with Crippen molar-refractivity contribution in [1.29, 1.82) is 0 Å². The smallest absolute Gasteiger partial charge is 0.230 e. The van der Waals surface area contributed by atoms with Crippen molar-refractivity contribution in [1.82, 2.24) is 20.1 Å². The van der Waals surface area contributed by atoms with Crippen molar-refractivity contribution in [2.75, 3.05) is 12.9 Å². The zero-order valence-electron chi connectivity index (χ0n) is 14.6. The minimum Gasteiger partial charge on any atom is -0.495 e. The number of aromatic nitrogens is 3. The van der Waals surface area contributed by atoms with Gasteiger partial charge in [-0.2, -0.15) is 0 Å². The van der Waals surface area contributed by atoms with E-state index in [2.05, 4.69) is 22.4 Å². The summed E-state index contributed by atoms with van der Waals surface area (Å²) in [5.41, 5.74) is 0.860. The SMILES string of the molecule is COc1ccccc1-n1cnnc1SCC(=O)N[C@H]1CCCC[C@@H]1C.